The molecule has 0 radical (unpaired) electrons. The van der Waals surface area contributed by atoms with Crippen LogP contribution in [0.5, 0.6) is 0 Å². The first kappa shape index (κ1) is 15.7. The van der Waals surface area contributed by atoms with E-state index in [1.54, 1.807) is 12.1 Å². The second kappa shape index (κ2) is 6.26. The van der Waals surface area contributed by atoms with Crippen LogP contribution in [0, 0.1) is 5.21 Å². The van der Waals surface area contributed by atoms with Gasteiger partial charge < -0.3 is 5.21 Å². The highest BCUT2D eigenvalue weighted by Crippen LogP contribution is 2.29. The second-order valence-electron chi connectivity index (χ2n) is 6.24. The second-order valence-corrected chi connectivity index (χ2v) is 6.24. The molecule has 0 aromatic heterocycles. The van der Waals surface area contributed by atoms with Crippen molar-refractivity contribution in [1.82, 2.24) is 0 Å². The van der Waals surface area contributed by atoms with Crippen LogP contribution in [0.15, 0.2) is 66.2 Å². The maximum Gasteiger partial charge on any atom is 0.189 e. The summed E-state index contributed by atoms with van der Waals surface area (Å²) in [7, 11) is 0. The molecule has 1 unspecified atom stereocenters. The summed E-state index contributed by atoms with van der Waals surface area (Å²) in [5.74, 6) is -0.0720. The molecule has 1 aliphatic carbocycles. The third-order valence-electron chi connectivity index (χ3n) is 4.71. The fraction of sp³-hybridized carbons (Fsp3) is 0.0952. The lowest BCUT2D eigenvalue weighted by Gasteiger charge is -2.20. The van der Waals surface area contributed by atoms with Gasteiger partial charge in [0.1, 0.15) is 0 Å². The fourth-order valence-corrected chi connectivity index (χ4v) is 3.40. The average molecular weight is 331 g/mol. The Balaban J connectivity index is 1.78. The van der Waals surface area contributed by atoms with E-state index < -0.39 is 5.23 Å². The minimum Gasteiger partial charge on any atom is -0.595 e. The number of hydrogen-bond acceptors (Lipinski definition) is 3. The SMILES string of the molecule is O=C1/C(=C\c2cccc3ccccc23)CCc2ccc([NH+]([O-])O)cc21. The molecule has 4 heteroatoms. The zero-order valence-corrected chi connectivity index (χ0v) is 13.5. The maximum absolute atomic E-state index is 12.9. The predicted molar refractivity (Wildman–Crippen MR) is 96.8 cm³/mol. The maximum atomic E-state index is 12.9. The van der Waals surface area contributed by atoms with Crippen molar-refractivity contribution in [3.63, 3.8) is 0 Å². The molecular formula is C21H17NO3. The normalized spacial score (nSPS) is 16.9. The van der Waals surface area contributed by atoms with Gasteiger partial charge in [-0.05, 0) is 40.8 Å². The summed E-state index contributed by atoms with van der Waals surface area (Å²) in [4.78, 5) is 12.9. The molecule has 2 N–H and O–H groups in total. The number of nitrogens with one attached hydrogen (secondary N) is 1. The Hall–Kier alpha value is -2.79. The van der Waals surface area contributed by atoms with Crippen molar-refractivity contribution in [2.45, 2.75) is 12.8 Å². The van der Waals surface area contributed by atoms with Gasteiger partial charge in [0.15, 0.2) is 11.5 Å². The van der Waals surface area contributed by atoms with E-state index in [1.807, 2.05) is 36.4 Å². The van der Waals surface area contributed by atoms with Crippen LogP contribution in [0.3, 0.4) is 0 Å². The van der Waals surface area contributed by atoms with Crippen LogP contribution in [-0.4, -0.2) is 11.0 Å². The van der Waals surface area contributed by atoms with E-state index in [1.165, 1.54) is 6.07 Å². The van der Waals surface area contributed by atoms with Crippen LogP contribution >= 0.6 is 0 Å². The van der Waals surface area contributed by atoms with Crippen molar-refractivity contribution in [1.29, 1.82) is 0 Å². The number of allylic oxidation sites excluding steroid dienone is 1. The fourth-order valence-electron chi connectivity index (χ4n) is 3.40. The number of carbonyl (C=O) groups excluding carboxylic acids is 1. The highest BCUT2D eigenvalue weighted by Gasteiger charge is 2.23. The number of Topliss-reactive ketones (excluding diaryl/α,β-unsaturated/α-hetero) is 1. The standard InChI is InChI=1S/C21H17NO3/c23-21-17(9-8-15-10-11-18(22(24)25)13-20(15)21)12-16-6-3-5-14-4-1-2-7-19(14)16/h1-7,10-13,22,24H,8-9H2/b17-12-. The topological polar surface area (TPSA) is 64.8 Å². The van der Waals surface area contributed by atoms with Gasteiger partial charge in [-0.15, -0.1) is 0 Å². The molecule has 25 heavy (non-hydrogen) atoms. The molecule has 3 aromatic rings. The van der Waals surface area contributed by atoms with E-state index in [2.05, 4.69) is 12.1 Å². The average Bonchev–Trinajstić information content (AvgIpc) is 2.64. The predicted octanol–water partition coefficient (Wildman–Crippen LogP) is 3.46. The van der Waals surface area contributed by atoms with Gasteiger partial charge in [0.25, 0.3) is 0 Å². The number of benzene rings is 3. The molecule has 124 valence electrons. The number of quaternary nitrogens is 1. The highest BCUT2D eigenvalue weighted by atomic mass is 16.8. The molecule has 1 atom stereocenters. The van der Waals surface area contributed by atoms with Gasteiger partial charge >= 0.3 is 0 Å². The summed E-state index contributed by atoms with van der Waals surface area (Å²) >= 11 is 0. The molecule has 4 nitrogen and oxygen atoms in total. The Morgan fingerprint density at radius 1 is 1.00 bits per heavy atom. The van der Waals surface area contributed by atoms with Crippen molar-refractivity contribution in [2.24, 2.45) is 0 Å². The van der Waals surface area contributed by atoms with Gasteiger partial charge in [-0.2, -0.15) is 5.23 Å². The molecule has 0 saturated heterocycles. The van der Waals surface area contributed by atoms with Gasteiger partial charge in [0.2, 0.25) is 0 Å². The number of aryl methyl sites for hydroxylation is 1. The largest absolute Gasteiger partial charge is 0.595 e. The van der Waals surface area contributed by atoms with Crippen molar-refractivity contribution >= 4 is 28.3 Å². The number of fused-ring (bicyclic) bond motifs is 2. The summed E-state index contributed by atoms with van der Waals surface area (Å²) in [6.07, 6.45) is 3.36. The number of ketones is 1. The van der Waals surface area contributed by atoms with Crippen LogP contribution in [0.2, 0.25) is 0 Å². The Bertz CT molecular complexity index is 1000. The van der Waals surface area contributed by atoms with Gasteiger partial charge in [0.05, 0.1) is 0 Å². The Labute approximate surface area is 145 Å². The van der Waals surface area contributed by atoms with E-state index >= 15 is 0 Å². The summed E-state index contributed by atoms with van der Waals surface area (Å²) in [6, 6.07) is 18.9. The summed E-state index contributed by atoms with van der Waals surface area (Å²) in [6.45, 7) is 0. The van der Waals surface area contributed by atoms with Crippen LogP contribution in [0.1, 0.15) is 27.9 Å². The third kappa shape index (κ3) is 2.87. The molecule has 0 heterocycles. The Morgan fingerprint density at radius 2 is 1.80 bits per heavy atom. The van der Waals surface area contributed by atoms with E-state index in [0.717, 1.165) is 33.9 Å². The molecule has 3 aromatic carbocycles. The van der Waals surface area contributed by atoms with Gasteiger partial charge in [-0.1, -0.05) is 48.5 Å². The minimum absolute atomic E-state index is 0.0720. The van der Waals surface area contributed by atoms with Crippen LogP contribution < -0.4 is 5.23 Å². The third-order valence-corrected chi connectivity index (χ3v) is 4.71. The number of carbonyl (C=O) groups is 1. The van der Waals surface area contributed by atoms with E-state index in [4.69, 9.17) is 5.21 Å². The number of hydrogen-bond donors (Lipinski definition) is 2. The molecular weight excluding hydrogens is 314 g/mol. The van der Waals surface area contributed by atoms with Crippen molar-refractivity contribution in [3.8, 4) is 0 Å². The van der Waals surface area contributed by atoms with Crippen LogP contribution in [0.25, 0.3) is 16.8 Å². The number of rotatable bonds is 2. The summed E-state index contributed by atoms with van der Waals surface area (Å²) < 4.78 is 0. The summed E-state index contributed by atoms with van der Waals surface area (Å²) in [5, 5.41) is 21.6. The first-order chi connectivity index (χ1) is 12.1. The Morgan fingerprint density at radius 3 is 2.64 bits per heavy atom. The molecule has 0 amide bonds. The molecule has 0 saturated carbocycles. The lowest BCUT2D eigenvalue weighted by molar-refractivity contribution is -0.991. The smallest absolute Gasteiger partial charge is 0.189 e. The lowest BCUT2D eigenvalue weighted by atomic mass is 9.85. The molecule has 0 aliphatic heterocycles. The highest BCUT2D eigenvalue weighted by molar-refractivity contribution is 6.14. The minimum atomic E-state index is -1.01. The van der Waals surface area contributed by atoms with E-state index in [9.17, 15) is 10.0 Å². The lowest BCUT2D eigenvalue weighted by Crippen LogP contribution is -2.99. The quantitative estimate of drug-likeness (QED) is 0.558. The van der Waals surface area contributed by atoms with Crippen molar-refractivity contribution in [2.75, 3.05) is 0 Å². The zero-order valence-electron chi connectivity index (χ0n) is 13.5. The van der Waals surface area contributed by atoms with Gasteiger partial charge in [0, 0.05) is 23.3 Å². The molecule has 0 fully saturated rings. The first-order valence-electron chi connectivity index (χ1n) is 8.23. The van der Waals surface area contributed by atoms with Crippen molar-refractivity contribution in [3.05, 3.63) is 88.1 Å². The zero-order chi connectivity index (χ0) is 17.4. The summed E-state index contributed by atoms with van der Waals surface area (Å²) in [5.41, 5.74) is 3.33. The molecule has 0 bridgehead atoms. The molecule has 1 aliphatic rings. The monoisotopic (exact) mass is 331 g/mol. The van der Waals surface area contributed by atoms with Gasteiger partial charge in [-0.25, -0.2) is 5.21 Å². The Kier molecular flexibility index (Phi) is 3.93. The van der Waals surface area contributed by atoms with E-state index in [0.29, 0.717) is 12.0 Å². The van der Waals surface area contributed by atoms with Crippen LogP contribution in [-0.2, 0) is 6.42 Å². The molecule has 0 spiro atoms. The van der Waals surface area contributed by atoms with E-state index in [-0.39, 0.29) is 11.5 Å². The first-order valence-corrected chi connectivity index (χ1v) is 8.23. The van der Waals surface area contributed by atoms with Gasteiger partial charge in [-0.3, -0.25) is 4.79 Å². The van der Waals surface area contributed by atoms with Crippen LogP contribution in [0.4, 0.5) is 5.69 Å². The molecule has 4 rings (SSSR count). The van der Waals surface area contributed by atoms with Crippen molar-refractivity contribution < 1.29 is 15.2 Å².